The van der Waals surface area contributed by atoms with Gasteiger partial charge in [-0.15, -0.1) is 0 Å². The van der Waals surface area contributed by atoms with Gasteiger partial charge in [0.15, 0.2) is 0 Å². The zero-order chi connectivity index (χ0) is 19.0. The van der Waals surface area contributed by atoms with Crippen LogP contribution in [0.15, 0.2) is 30.5 Å². The first-order chi connectivity index (χ1) is 13.1. The van der Waals surface area contributed by atoms with E-state index in [0.717, 1.165) is 42.9 Å². The van der Waals surface area contributed by atoms with Crippen molar-refractivity contribution in [3.63, 3.8) is 0 Å². The van der Waals surface area contributed by atoms with Crippen molar-refractivity contribution < 1.29 is 30.9 Å². The summed E-state index contributed by atoms with van der Waals surface area (Å²) in [5.74, 6) is -0.134. The van der Waals surface area contributed by atoms with E-state index in [1.165, 1.54) is 0 Å². The number of carboxylic acid groups (broad SMARTS) is 1. The monoisotopic (exact) mass is 493 g/mol. The summed E-state index contributed by atoms with van der Waals surface area (Å²) in [5.41, 5.74) is 8.02. The molecule has 138 valence electrons. The van der Waals surface area contributed by atoms with Crippen LogP contribution in [0.2, 0.25) is 5.02 Å². The van der Waals surface area contributed by atoms with Crippen molar-refractivity contribution in [1.29, 1.82) is 0 Å². The van der Waals surface area contributed by atoms with Crippen molar-refractivity contribution in [2.24, 2.45) is 0 Å². The molecule has 1 aliphatic rings. The number of pyridine rings is 1. The Bertz CT molecular complexity index is 987. The van der Waals surface area contributed by atoms with Crippen LogP contribution in [0.3, 0.4) is 0 Å². The van der Waals surface area contributed by atoms with E-state index in [2.05, 4.69) is 20.1 Å². The minimum atomic E-state index is -1.08. The van der Waals surface area contributed by atoms with Gasteiger partial charge in [-0.05, 0) is 0 Å². The van der Waals surface area contributed by atoms with Crippen LogP contribution in [0.4, 0.5) is 5.82 Å². The molecule has 0 aliphatic carbocycles. The Morgan fingerprint density at radius 2 is 2.11 bits per heavy atom. The fourth-order valence-electron chi connectivity index (χ4n) is 3.36. The zero-order valence-corrected chi connectivity index (χ0v) is 17.2. The molecule has 3 aromatic rings. The van der Waals surface area contributed by atoms with Gasteiger partial charge in [-0.25, -0.2) is 4.79 Å². The first-order valence-electron chi connectivity index (χ1n) is 8.51. The Labute approximate surface area is 172 Å². The van der Waals surface area contributed by atoms with E-state index in [4.69, 9.17) is 17.3 Å². The van der Waals surface area contributed by atoms with Crippen molar-refractivity contribution in [1.82, 2.24) is 15.2 Å². The topological polar surface area (TPSA) is 82.1 Å². The second-order valence-corrected chi connectivity index (χ2v) is 9.34. The number of H-pyrrole nitrogens is 1. The molecular formula is C18H16BClIN4O2-. The third-order valence-corrected chi connectivity index (χ3v) is 7.41. The zero-order valence-electron chi connectivity index (χ0n) is 14.3. The number of halogens is 2. The molecule has 0 atom stereocenters. The molecule has 0 saturated carbocycles. The molecule has 1 aliphatic heterocycles. The number of rotatable bonds is 4. The summed E-state index contributed by atoms with van der Waals surface area (Å²) in [7, 11) is 0. The number of hydrogen-bond acceptors (Lipinski definition) is 4. The second-order valence-electron chi connectivity index (χ2n) is 6.45. The SMILES string of the molecule is [B][I-]C1CCN(c2ccc(-c3cc4c(C(=O)O)n[nH]c4cc3Cl)cn2)CC1. The van der Waals surface area contributed by atoms with Crippen molar-refractivity contribution in [3.8, 4) is 11.1 Å². The Hall–Kier alpha value is -1.81. The standard InChI is InChI=1S/C18H16BClIN4O2/c19-21-11-3-5-25(6-4-11)16-2-1-10(9-22-16)12-7-13-15(8-14(12)20)23-24-17(13)18(26)27/h1-2,7-9,11H,3-6H2,(H,23,24)(H,26,27)/q-1. The molecule has 1 saturated heterocycles. The fourth-order valence-corrected chi connectivity index (χ4v) is 4.91. The molecule has 2 N–H and O–H groups in total. The van der Waals surface area contributed by atoms with Crippen molar-refractivity contribution in [3.05, 3.63) is 41.2 Å². The molecule has 0 bridgehead atoms. The average Bonchev–Trinajstić information content (AvgIpc) is 3.10. The Morgan fingerprint density at radius 1 is 1.33 bits per heavy atom. The summed E-state index contributed by atoms with van der Waals surface area (Å²) in [4.78, 5) is 18.2. The maximum atomic E-state index is 11.3. The maximum absolute atomic E-state index is 11.3. The van der Waals surface area contributed by atoms with E-state index >= 15 is 0 Å². The number of benzene rings is 1. The summed E-state index contributed by atoms with van der Waals surface area (Å²) in [5, 5.41) is 16.9. The molecular weight excluding hydrogens is 477 g/mol. The van der Waals surface area contributed by atoms with Gasteiger partial charge in [0.1, 0.15) is 0 Å². The van der Waals surface area contributed by atoms with Crippen LogP contribution in [0.5, 0.6) is 0 Å². The molecule has 9 heteroatoms. The predicted octanol–water partition coefficient (Wildman–Crippen LogP) is 0.118. The third kappa shape index (κ3) is 3.64. The summed E-state index contributed by atoms with van der Waals surface area (Å²) in [6, 6.07) is 7.40. The first-order valence-corrected chi connectivity index (χ1v) is 11.4. The van der Waals surface area contributed by atoms with Gasteiger partial charge in [-0.2, -0.15) is 5.10 Å². The number of carboxylic acids is 1. The summed E-state index contributed by atoms with van der Waals surface area (Å²) in [6.45, 7) is 1.97. The Balaban J connectivity index is 1.63. The van der Waals surface area contributed by atoms with E-state index in [0.29, 0.717) is 19.9 Å². The molecule has 0 amide bonds. The number of fused-ring (bicyclic) bond motifs is 1. The first kappa shape index (κ1) is 18.6. The van der Waals surface area contributed by atoms with Crippen LogP contribution in [0.1, 0.15) is 23.3 Å². The van der Waals surface area contributed by atoms with Gasteiger partial charge in [0.05, 0.1) is 0 Å². The number of nitrogens with one attached hydrogen (secondary N) is 1. The second kappa shape index (κ2) is 7.67. The summed E-state index contributed by atoms with van der Waals surface area (Å²) < 4.78 is 0.711. The molecule has 3 heterocycles. The van der Waals surface area contributed by atoms with Crippen LogP contribution in [0, 0.1) is 0 Å². The molecule has 0 unspecified atom stereocenters. The molecule has 4 rings (SSSR count). The Kier molecular flexibility index (Phi) is 5.27. The average molecular weight is 494 g/mol. The number of aromatic carboxylic acids is 1. The molecule has 6 nitrogen and oxygen atoms in total. The van der Waals surface area contributed by atoms with Crippen molar-refractivity contribution in [2.45, 2.75) is 16.8 Å². The van der Waals surface area contributed by atoms with E-state index in [1.807, 2.05) is 12.1 Å². The van der Waals surface area contributed by atoms with E-state index in [1.54, 1.807) is 18.3 Å². The number of aromatic nitrogens is 3. The normalized spacial score (nSPS) is 15.5. The van der Waals surface area contributed by atoms with Gasteiger partial charge < -0.3 is 5.11 Å². The van der Waals surface area contributed by atoms with Crippen LogP contribution < -0.4 is 25.9 Å². The molecule has 2 aromatic heterocycles. The Morgan fingerprint density at radius 3 is 2.74 bits per heavy atom. The van der Waals surface area contributed by atoms with Gasteiger partial charge in [0, 0.05) is 0 Å². The molecule has 1 aromatic carbocycles. The van der Waals surface area contributed by atoms with Crippen LogP contribution in [-0.4, -0.2) is 49.0 Å². The number of alkyl halides is 1. The van der Waals surface area contributed by atoms with Gasteiger partial charge >= 0.3 is 153 Å². The predicted molar refractivity (Wildman–Crippen MR) is 102 cm³/mol. The number of carbonyl (C=O) groups is 1. The molecule has 2 radical (unpaired) electrons. The number of anilines is 1. The quantitative estimate of drug-likeness (QED) is 0.307. The van der Waals surface area contributed by atoms with Crippen LogP contribution in [-0.2, 0) is 0 Å². The van der Waals surface area contributed by atoms with Gasteiger partial charge in [-0.3, -0.25) is 5.10 Å². The number of nitrogens with zero attached hydrogens (tertiary/aromatic N) is 3. The minimum absolute atomic E-state index is 0.0157. The molecule has 0 spiro atoms. The number of hydrogen-bond donors (Lipinski definition) is 2. The number of aromatic amines is 1. The van der Waals surface area contributed by atoms with Crippen LogP contribution in [0.25, 0.3) is 22.0 Å². The fraction of sp³-hybridized carbons (Fsp3) is 0.278. The van der Waals surface area contributed by atoms with E-state index in [-0.39, 0.29) is 26.7 Å². The summed E-state index contributed by atoms with van der Waals surface area (Å²) >= 11 is 6.23. The van der Waals surface area contributed by atoms with E-state index < -0.39 is 5.97 Å². The van der Waals surface area contributed by atoms with Crippen LogP contribution >= 0.6 is 11.6 Å². The van der Waals surface area contributed by atoms with Gasteiger partial charge in [0.2, 0.25) is 0 Å². The van der Waals surface area contributed by atoms with Crippen molar-refractivity contribution >= 4 is 40.0 Å². The summed E-state index contributed by atoms with van der Waals surface area (Å²) in [6.07, 6.45) is 4.05. The van der Waals surface area contributed by atoms with E-state index in [9.17, 15) is 9.90 Å². The molecule has 27 heavy (non-hydrogen) atoms. The molecule has 1 fully saturated rings. The van der Waals surface area contributed by atoms with Gasteiger partial charge in [-0.1, -0.05) is 0 Å². The third-order valence-electron chi connectivity index (χ3n) is 4.84. The van der Waals surface area contributed by atoms with Crippen molar-refractivity contribution in [2.75, 3.05) is 18.0 Å². The number of piperidine rings is 1. The van der Waals surface area contributed by atoms with Gasteiger partial charge in [0.25, 0.3) is 0 Å².